The molecule has 0 amide bonds. The standard InChI is InChI=1S/C68H132O17P2/c1-9-60(7)46-38-30-21-15-11-13-17-23-32-40-48-65(70)78-54-63(84-67(72)50-42-34-24-18-14-12-16-22-31-39-47-61(8)10-2)56-82-86(74,75)80-52-62(69)53-81-87(76,77)83-57-64(55-79-66(71)49-41-33-27-26-29-37-45-59(5)6)85-68(73)51-43-35-25-19-20-28-36-44-58(3)4/h58-64,69H,9-57H2,1-8H3,(H,74,75)(H,76,77)/t60?,61?,62-,63-,64-/m1/s1. The number of carbonyl (C=O) groups excluding carboxylic acids is 4. The Kier molecular flexibility index (Phi) is 56.6. The summed E-state index contributed by atoms with van der Waals surface area (Å²) in [4.78, 5) is 72.4. The molecule has 0 aliphatic heterocycles. The van der Waals surface area contributed by atoms with Crippen molar-refractivity contribution in [2.75, 3.05) is 39.6 Å². The molecule has 19 heteroatoms. The van der Waals surface area contributed by atoms with Gasteiger partial charge < -0.3 is 33.8 Å². The van der Waals surface area contributed by atoms with Crippen molar-refractivity contribution in [1.82, 2.24) is 0 Å². The van der Waals surface area contributed by atoms with Crippen molar-refractivity contribution in [3.05, 3.63) is 0 Å². The normalized spacial score (nSPS) is 15.0. The van der Waals surface area contributed by atoms with E-state index in [1.165, 1.54) is 128 Å². The van der Waals surface area contributed by atoms with Crippen LogP contribution in [0, 0.1) is 23.7 Å². The van der Waals surface area contributed by atoms with Crippen molar-refractivity contribution in [3.8, 4) is 0 Å². The third-order valence-corrected chi connectivity index (χ3v) is 18.2. The van der Waals surface area contributed by atoms with E-state index < -0.39 is 97.5 Å². The number of esters is 4. The molecule has 87 heavy (non-hydrogen) atoms. The maximum atomic E-state index is 13.0. The summed E-state index contributed by atoms with van der Waals surface area (Å²) in [5.74, 6) is 0.852. The van der Waals surface area contributed by atoms with E-state index in [1.54, 1.807) is 0 Å². The van der Waals surface area contributed by atoms with Gasteiger partial charge in [0.25, 0.3) is 0 Å². The molecule has 0 rings (SSSR count). The minimum absolute atomic E-state index is 0.102. The summed E-state index contributed by atoms with van der Waals surface area (Å²) in [7, 11) is -9.90. The number of rotatable bonds is 65. The van der Waals surface area contributed by atoms with Crippen LogP contribution >= 0.6 is 15.6 Å². The summed E-state index contributed by atoms with van der Waals surface area (Å²) >= 11 is 0. The minimum atomic E-state index is -4.95. The van der Waals surface area contributed by atoms with Gasteiger partial charge in [0.15, 0.2) is 12.2 Å². The number of ether oxygens (including phenoxy) is 4. The highest BCUT2D eigenvalue weighted by molar-refractivity contribution is 7.47. The van der Waals surface area contributed by atoms with Gasteiger partial charge in [-0.05, 0) is 49.4 Å². The number of aliphatic hydroxyl groups is 1. The quantitative estimate of drug-likeness (QED) is 0.0222. The largest absolute Gasteiger partial charge is 0.472 e. The van der Waals surface area contributed by atoms with E-state index in [-0.39, 0.29) is 25.7 Å². The van der Waals surface area contributed by atoms with Crippen LogP contribution in [-0.4, -0.2) is 96.7 Å². The molecular weight excluding hydrogens is 1150 g/mol. The molecule has 0 saturated heterocycles. The molecule has 0 bridgehead atoms. The Morgan fingerprint density at radius 1 is 0.322 bits per heavy atom. The maximum Gasteiger partial charge on any atom is 0.472 e. The Labute approximate surface area is 530 Å². The van der Waals surface area contributed by atoms with Crippen LogP contribution in [0.1, 0.15) is 331 Å². The summed E-state index contributed by atoms with van der Waals surface area (Å²) < 4.78 is 68.1. The molecule has 4 unspecified atom stereocenters. The predicted octanol–water partition coefficient (Wildman–Crippen LogP) is 18.9. The Morgan fingerprint density at radius 2 is 0.552 bits per heavy atom. The fraction of sp³-hybridized carbons (Fsp3) is 0.941. The number of hydrogen-bond donors (Lipinski definition) is 3. The second-order valence-corrected chi connectivity index (χ2v) is 28.9. The van der Waals surface area contributed by atoms with Gasteiger partial charge in [0, 0.05) is 25.7 Å². The van der Waals surface area contributed by atoms with Crippen LogP contribution in [0.5, 0.6) is 0 Å². The van der Waals surface area contributed by atoms with E-state index in [0.29, 0.717) is 37.5 Å². The van der Waals surface area contributed by atoms with Gasteiger partial charge >= 0.3 is 39.5 Å². The molecule has 0 heterocycles. The van der Waals surface area contributed by atoms with Crippen molar-refractivity contribution < 1.29 is 80.2 Å². The van der Waals surface area contributed by atoms with Gasteiger partial charge in [-0.2, -0.15) is 0 Å². The first-order valence-electron chi connectivity index (χ1n) is 35.3. The van der Waals surface area contributed by atoms with Gasteiger partial charge in [0.1, 0.15) is 19.3 Å². The highest BCUT2D eigenvalue weighted by Gasteiger charge is 2.30. The van der Waals surface area contributed by atoms with Crippen LogP contribution < -0.4 is 0 Å². The molecule has 0 aliphatic rings. The van der Waals surface area contributed by atoms with Crippen molar-refractivity contribution in [3.63, 3.8) is 0 Å². The molecule has 3 N–H and O–H groups in total. The molecule has 516 valence electrons. The van der Waals surface area contributed by atoms with E-state index >= 15 is 0 Å². The van der Waals surface area contributed by atoms with Gasteiger partial charge in [0.2, 0.25) is 0 Å². The van der Waals surface area contributed by atoms with Crippen molar-refractivity contribution in [1.29, 1.82) is 0 Å². The highest BCUT2D eigenvalue weighted by Crippen LogP contribution is 2.45. The Morgan fingerprint density at radius 3 is 0.816 bits per heavy atom. The van der Waals surface area contributed by atoms with Crippen molar-refractivity contribution >= 4 is 39.5 Å². The zero-order valence-corrected chi connectivity index (χ0v) is 58.4. The van der Waals surface area contributed by atoms with Gasteiger partial charge in [-0.25, -0.2) is 9.13 Å². The lowest BCUT2D eigenvalue weighted by atomic mass is 9.99. The van der Waals surface area contributed by atoms with Gasteiger partial charge in [-0.3, -0.25) is 37.3 Å². The molecule has 0 radical (unpaired) electrons. The van der Waals surface area contributed by atoms with Gasteiger partial charge in [-0.15, -0.1) is 0 Å². The molecule has 0 spiro atoms. The average Bonchev–Trinajstić information content (AvgIpc) is 3.52. The molecule has 0 aromatic heterocycles. The third-order valence-electron chi connectivity index (χ3n) is 16.3. The van der Waals surface area contributed by atoms with Crippen molar-refractivity contribution in [2.45, 2.75) is 350 Å². The van der Waals surface area contributed by atoms with Gasteiger partial charge in [-0.1, -0.05) is 280 Å². The second-order valence-electron chi connectivity index (χ2n) is 26.0. The smallest absolute Gasteiger partial charge is 0.462 e. The summed E-state index contributed by atoms with van der Waals surface area (Å²) in [6.45, 7) is 14.0. The second kappa shape index (κ2) is 57.9. The maximum absolute atomic E-state index is 13.0. The zero-order valence-electron chi connectivity index (χ0n) is 56.6. The first kappa shape index (κ1) is 85.1. The predicted molar refractivity (Wildman–Crippen MR) is 349 cm³/mol. The number of hydrogen-bond acceptors (Lipinski definition) is 15. The summed E-state index contributed by atoms with van der Waals surface area (Å²) in [6.07, 6.45) is 39.0. The molecule has 0 aromatic carbocycles. The number of phosphoric ester groups is 2. The first-order chi connectivity index (χ1) is 41.7. The number of carbonyl (C=O) groups is 4. The molecule has 17 nitrogen and oxygen atoms in total. The fourth-order valence-electron chi connectivity index (χ4n) is 10.1. The molecule has 7 atom stereocenters. The van der Waals surface area contributed by atoms with Crippen LogP contribution in [0.25, 0.3) is 0 Å². The van der Waals surface area contributed by atoms with Gasteiger partial charge in [0.05, 0.1) is 26.4 Å². The Balaban J connectivity index is 5.26. The average molecular weight is 1280 g/mol. The topological polar surface area (TPSA) is 237 Å². The van der Waals surface area contributed by atoms with Crippen molar-refractivity contribution in [2.24, 2.45) is 23.7 Å². The first-order valence-corrected chi connectivity index (χ1v) is 38.3. The van der Waals surface area contributed by atoms with E-state index in [0.717, 1.165) is 108 Å². The fourth-order valence-corrected chi connectivity index (χ4v) is 11.7. The van der Waals surface area contributed by atoms with E-state index in [4.69, 9.17) is 37.0 Å². The summed E-state index contributed by atoms with van der Waals surface area (Å²) in [5.41, 5.74) is 0. The molecule has 0 aromatic rings. The zero-order chi connectivity index (χ0) is 64.7. The van der Waals surface area contributed by atoms with Crippen LogP contribution in [0.2, 0.25) is 0 Å². The lowest BCUT2D eigenvalue weighted by Gasteiger charge is -2.21. The Bertz CT molecular complexity index is 1730. The third kappa shape index (κ3) is 60.1. The molecule has 0 aliphatic carbocycles. The Hall–Kier alpha value is -1.94. The minimum Gasteiger partial charge on any atom is -0.462 e. The van der Waals surface area contributed by atoms with E-state index in [1.807, 2.05) is 0 Å². The number of unbranched alkanes of at least 4 members (excludes halogenated alkanes) is 29. The SMILES string of the molecule is CCC(C)CCCCCCCCCCCCC(=O)OC[C@H](COP(=O)(O)OC[C@@H](O)COP(=O)(O)OC[C@@H](COC(=O)CCCCCCCCC(C)C)OC(=O)CCCCCCCCCC(C)C)OC(=O)CCCCCCCCCCCCC(C)CC. The lowest BCUT2D eigenvalue weighted by molar-refractivity contribution is -0.161. The monoisotopic (exact) mass is 1280 g/mol. The van der Waals surface area contributed by atoms with Crippen LogP contribution in [0.3, 0.4) is 0 Å². The summed E-state index contributed by atoms with van der Waals surface area (Å²) in [5, 5.41) is 10.6. The van der Waals surface area contributed by atoms with Crippen LogP contribution in [-0.2, 0) is 65.4 Å². The van der Waals surface area contributed by atoms with E-state index in [9.17, 15) is 43.2 Å². The van der Waals surface area contributed by atoms with Crippen LogP contribution in [0.15, 0.2) is 0 Å². The van der Waals surface area contributed by atoms with Crippen LogP contribution in [0.4, 0.5) is 0 Å². The lowest BCUT2D eigenvalue weighted by Crippen LogP contribution is -2.30. The molecule has 0 saturated carbocycles. The number of aliphatic hydroxyl groups excluding tert-OH is 1. The molecule has 0 fully saturated rings. The summed E-state index contributed by atoms with van der Waals surface area (Å²) in [6, 6.07) is 0. The van der Waals surface area contributed by atoms with E-state index in [2.05, 4.69) is 55.4 Å². The highest BCUT2D eigenvalue weighted by atomic mass is 31.2. The number of phosphoric acid groups is 2. The molecular formula is C68H132O17P2.